The Labute approximate surface area is 115 Å². The molecule has 5 nitrogen and oxygen atoms in total. The summed E-state index contributed by atoms with van der Waals surface area (Å²) in [6.07, 6.45) is 0. The average molecular weight is 285 g/mol. The highest BCUT2D eigenvalue weighted by Gasteiger charge is 2.21. The topological polar surface area (TPSA) is 75.4 Å². The van der Waals surface area contributed by atoms with Crippen molar-refractivity contribution in [3.63, 3.8) is 0 Å². The number of benzene rings is 1. The molecule has 1 aromatic rings. The Bertz CT molecular complexity index is 539. The van der Waals surface area contributed by atoms with Crippen LogP contribution in [-0.2, 0) is 10.0 Å². The van der Waals surface area contributed by atoms with Gasteiger partial charge in [0, 0.05) is 18.8 Å². The van der Waals surface area contributed by atoms with E-state index in [1.807, 2.05) is 38.9 Å². The molecule has 1 aromatic carbocycles. The summed E-state index contributed by atoms with van der Waals surface area (Å²) >= 11 is 0. The van der Waals surface area contributed by atoms with Crippen LogP contribution in [0.2, 0.25) is 0 Å². The van der Waals surface area contributed by atoms with Crippen LogP contribution in [0.15, 0.2) is 11.0 Å². The third-order valence-corrected chi connectivity index (χ3v) is 4.93. The SMILES string of the molecule is Cc1cc(N)c(C)c(S(=O)(=O)NCCN(C)C)c1C. The van der Waals surface area contributed by atoms with Crippen LogP contribution in [0.5, 0.6) is 0 Å². The highest BCUT2D eigenvalue weighted by molar-refractivity contribution is 7.89. The summed E-state index contributed by atoms with van der Waals surface area (Å²) in [4.78, 5) is 2.23. The molecule has 0 aliphatic heterocycles. The van der Waals surface area contributed by atoms with Crippen LogP contribution in [0.1, 0.15) is 16.7 Å². The molecule has 19 heavy (non-hydrogen) atoms. The number of nitrogens with two attached hydrogens (primary N) is 1. The van der Waals surface area contributed by atoms with E-state index in [1.165, 1.54) is 0 Å². The van der Waals surface area contributed by atoms with E-state index in [2.05, 4.69) is 4.72 Å². The molecule has 0 aliphatic rings. The second kappa shape index (κ2) is 5.90. The van der Waals surface area contributed by atoms with E-state index in [4.69, 9.17) is 5.73 Å². The van der Waals surface area contributed by atoms with Gasteiger partial charge in [0.05, 0.1) is 4.90 Å². The molecule has 0 atom stereocenters. The number of hydrogen-bond acceptors (Lipinski definition) is 4. The standard InChI is InChI=1S/C13H23N3O2S/c1-9-8-12(14)11(3)13(10(9)2)19(17,18)15-6-7-16(4)5/h8,15H,6-7,14H2,1-5H3. The molecule has 3 N–H and O–H groups in total. The number of rotatable bonds is 5. The van der Waals surface area contributed by atoms with Gasteiger partial charge in [-0.05, 0) is 57.6 Å². The lowest BCUT2D eigenvalue weighted by Crippen LogP contribution is -2.32. The lowest BCUT2D eigenvalue weighted by atomic mass is 10.1. The first-order chi connectivity index (χ1) is 8.66. The molecule has 1 rings (SSSR count). The maximum atomic E-state index is 12.4. The first-order valence-corrected chi connectivity index (χ1v) is 7.65. The zero-order valence-corrected chi connectivity index (χ0v) is 13.1. The Morgan fingerprint density at radius 3 is 2.32 bits per heavy atom. The summed E-state index contributed by atoms with van der Waals surface area (Å²) in [7, 11) is 0.278. The van der Waals surface area contributed by atoms with Gasteiger partial charge in [-0.15, -0.1) is 0 Å². The van der Waals surface area contributed by atoms with E-state index in [0.717, 1.165) is 11.1 Å². The van der Waals surface area contributed by atoms with Crippen molar-refractivity contribution < 1.29 is 8.42 Å². The highest BCUT2D eigenvalue weighted by Crippen LogP contribution is 2.27. The lowest BCUT2D eigenvalue weighted by Gasteiger charge is -2.17. The Morgan fingerprint density at radius 1 is 1.21 bits per heavy atom. The van der Waals surface area contributed by atoms with Crippen molar-refractivity contribution in [3.8, 4) is 0 Å². The largest absolute Gasteiger partial charge is 0.398 e. The smallest absolute Gasteiger partial charge is 0.241 e. The van der Waals surface area contributed by atoms with Crippen LogP contribution < -0.4 is 10.5 Å². The van der Waals surface area contributed by atoms with Crippen LogP contribution in [0.3, 0.4) is 0 Å². The molecular weight excluding hydrogens is 262 g/mol. The Hall–Kier alpha value is -1.11. The molecule has 108 valence electrons. The van der Waals surface area contributed by atoms with Crippen molar-refractivity contribution in [2.45, 2.75) is 25.7 Å². The van der Waals surface area contributed by atoms with Crippen LogP contribution in [0, 0.1) is 20.8 Å². The number of anilines is 1. The number of sulfonamides is 1. The van der Waals surface area contributed by atoms with Crippen LogP contribution >= 0.6 is 0 Å². The Kier molecular flexibility index (Phi) is 4.95. The van der Waals surface area contributed by atoms with Gasteiger partial charge in [0.25, 0.3) is 0 Å². The molecule has 0 fully saturated rings. The number of likely N-dealkylation sites (N-methyl/N-ethyl adjacent to an activating group) is 1. The zero-order valence-electron chi connectivity index (χ0n) is 12.2. The maximum absolute atomic E-state index is 12.4. The van der Waals surface area contributed by atoms with Gasteiger partial charge in [-0.1, -0.05) is 0 Å². The van der Waals surface area contributed by atoms with Crippen molar-refractivity contribution in [2.75, 3.05) is 32.9 Å². The number of nitrogen functional groups attached to an aromatic ring is 1. The van der Waals surface area contributed by atoms with Gasteiger partial charge in [-0.25, -0.2) is 13.1 Å². The van der Waals surface area contributed by atoms with Gasteiger partial charge >= 0.3 is 0 Å². The van der Waals surface area contributed by atoms with Crippen LogP contribution in [0.25, 0.3) is 0 Å². The fourth-order valence-electron chi connectivity index (χ4n) is 1.92. The number of nitrogens with one attached hydrogen (secondary N) is 1. The number of aryl methyl sites for hydroxylation is 1. The summed E-state index contributed by atoms with van der Waals surface area (Å²) in [5.41, 5.74) is 8.62. The molecule has 6 heteroatoms. The molecule has 0 saturated heterocycles. The average Bonchev–Trinajstić information content (AvgIpc) is 2.25. The normalized spacial score (nSPS) is 12.1. The number of hydrogen-bond donors (Lipinski definition) is 2. The second-order valence-electron chi connectivity index (χ2n) is 5.06. The predicted molar refractivity (Wildman–Crippen MR) is 78.8 cm³/mol. The van der Waals surface area contributed by atoms with Crippen LogP contribution in [0.4, 0.5) is 5.69 Å². The summed E-state index contributed by atoms with van der Waals surface area (Å²) in [6, 6.07) is 1.81. The van der Waals surface area contributed by atoms with E-state index in [0.29, 0.717) is 29.2 Å². The van der Waals surface area contributed by atoms with Crippen molar-refractivity contribution in [1.29, 1.82) is 0 Å². The monoisotopic (exact) mass is 285 g/mol. The third kappa shape index (κ3) is 3.68. The van der Waals surface area contributed by atoms with E-state index in [1.54, 1.807) is 6.92 Å². The summed E-state index contributed by atoms with van der Waals surface area (Å²) < 4.78 is 27.4. The van der Waals surface area contributed by atoms with Gasteiger partial charge in [0.2, 0.25) is 10.0 Å². The van der Waals surface area contributed by atoms with E-state index in [-0.39, 0.29) is 0 Å². The maximum Gasteiger partial charge on any atom is 0.241 e. The van der Waals surface area contributed by atoms with Crippen molar-refractivity contribution in [1.82, 2.24) is 9.62 Å². The summed E-state index contributed by atoms with van der Waals surface area (Å²) in [5, 5.41) is 0. The Balaban J connectivity index is 3.15. The highest BCUT2D eigenvalue weighted by atomic mass is 32.2. The molecule has 0 saturated carbocycles. The molecule has 0 aromatic heterocycles. The fourth-order valence-corrected chi connectivity index (χ4v) is 3.51. The molecule has 0 heterocycles. The van der Waals surface area contributed by atoms with Gasteiger partial charge < -0.3 is 10.6 Å². The molecule has 0 spiro atoms. The summed E-state index contributed by atoms with van der Waals surface area (Å²) in [6.45, 7) is 6.44. The summed E-state index contributed by atoms with van der Waals surface area (Å²) in [5.74, 6) is 0. The minimum atomic E-state index is -3.52. The molecule has 0 bridgehead atoms. The zero-order chi connectivity index (χ0) is 14.8. The Morgan fingerprint density at radius 2 is 1.79 bits per heavy atom. The van der Waals surface area contributed by atoms with Gasteiger partial charge in [0.15, 0.2) is 0 Å². The predicted octanol–water partition coefficient (Wildman–Crippen LogP) is 1.03. The van der Waals surface area contributed by atoms with Crippen molar-refractivity contribution in [2.24, 2.45) is 0 Å². The van der Waals surface area contributed by atoms with E-state index >= 15 is 0 Å². The van der Waals surface area contributed by atoms with Gasteiger partial charge in [-0.2, -0.15) is 0 Å². The molecule has 0 aliphatic carbocycles. The minimum absolute atomic E-state index is 0.309. The van der Waals surface area contributed by atoms with E-state index in [9.17, 15) is 8.42 Å². The molecule has 0 radical (unpaired) electrons. The van der Waals surface area contributed by atoms with Gasteiger partial charge in [-0.3, -0.25) is 0 Å². The second-order valence-corrected chi connectivity index (χ2v) is 6.77. The molecular formula is C13H23N3O2S. The third-order valence-electron chi connectivity index (χ3n) is 3.20. The van der Waals surface area contributed by atoms with Gasteiger partial charge in [0.1, 0.15) is 0 Å². The van der Waals surface area contributed by atoms with Crippen molar-refractivity contribution in [3.05, 3.63) is 22.8 Å². The first kappa shape index (κ1) is 15.9. The van der Waals surface area contributed by atoms with E-state index < -0.39 is 10.0 Å². The van der Waals surface area contributed by atoms with Crippen molar-refractivity contribution >= 4 is 15.7 Å². The lowest BCUT2D eigenvalue weighted by molar-refractivity contribution is 0.412. The molecule has 0 amide bonds. The fraction of sp³-hybridized carbons (Fsp3) is 0.538. The van der Waals surface area contributed by atoms with Crippen LogP contribution in [-0.4, -0.2) is 40.5 Å². The quantitative estimate of drug-likeness (QED) is 0.793. The molecule has 0 unspecified atom stereocenters. The minimum Gasteiger partial charge on any atom is -0.398 e. The first-order valence-electron chi connectivity index (χ1n) is 6.17. The number of nitrogens with zero attached hydrogens (tertiary/aromatic N) is 1.